The zero-order chi connectivity index (χ0) is 15.5. The van der Waals surface area contributed by atoms with E-state index in [4.69, 9.17) is 16.3 Å². The summed E-state index contributed by atoms with van der Waals surface area (Å²) < 4.78 is 0. The molecule has 0 unspecified atom stereocenters. The summed E-state index contributed by atoms with van der Waals surface area (Å²) in [4.78, 5) is 10.8. The number of carboxylic acids is 1. The van der Waals surface area contributed by atoms with Gasteiger partial charge in [0.1, 0.15) is 0 Å². The van der Waals surface area contributed by atoms with Gasteiger partial charge in [-0.15, -0.1) is 0 Å². The van der Waals surface area contributed by atoms with E-state index in [1.807, 2.05) is 0 Å². The maximum atomic E-state index is 10.8. The van der Waals surface area contributed by atoms with Gasteiger partial charge in [0.25, 0.3) is 0 Å². The predicted octanol–water partition coefficient (Wildman–Crippen LogP) is 5.96. The molecule has 0 aliphatic carbocycles. The first kappa shape index (κ1) is 20.2. The number of carbonyl (C=O) groups is 1. The van der Waals surface area contributed by atoms with Gasteiger partial charge in [-0.1, -0.05) is 0 Å². The average molecular weight is 325 g/mol. The van der Waals surface area contributed by atoms with Crippen molar-refractivity contribution < 1.29 is 9.90 Å². The SMILES string of the molecule is CCCCP(Cl)(CCCC)(CCCC)CCCC(=O)O. The van der Waals surface area contributed by atoms with Gasteiger partial charge in [-0.2, -0.15) is 0 Å². The number of carboxylic acid groups (broad SMARTS) is 1. The van der Waals surface area contributed by atoms with E-state index >= 15 is 0 Å². The first-order chi connectivity index (χ1) is 9.40. The van der Waals surface area contributed by atoms with Crippen LogP contribution in [0.25, 0.3) is 0 Å². The van der Waals surface area contributed by atoms with Gasteiger partial charge in [0, 0.05) is 0 Å². The molecule has 0 aliphatic heterocycles. The zero-order valence-corrected chi connectivity index (χ0v) is 15.3. The molecule has 0 spiro atoms. The molecule has 0 saturated carbocycles. The molecule has 0 rings (SSSR count). The summed E-state index contributed by atoms with van der Waals surface area (Å²) in [6, 6.07) is 0. The van der Waals surface area contributed by atoms with Gasteiger partial charge in [0.2, 0.25) is 0 Å². The minimum atomic E-state index is -2.20. The van der Waals surface area contributed by atoms with Gasteiger partial charge < -0.3 is 0 Å². The van der Waals surface area contributed by atoms with Crippen molar-refractivity contribution in [1.29, 1.82) is 0 Å². The fourth-order valence-electron chi connectivity index (χ4n) is 2.96. The van der Waals surface area contributed by atoms with Crippen LogP contribution >= 0.6 is 17.2 Å². The molecule has 0 amide bonds. The summed E-state index contributed by atoms with van der Waals surface area (Å²) in [6.07, 6.45) is 12.6. The molecule has 122 valence electrons. The van der Waals surface area contributed by atoms with Crippen LogP contribution < -0.4 is 0 Å². The molecular weight excluding hydrogens is 291 g/mol. The van der Waals surface area contributed by atoms with Crippen molar-refractivity contribution in [3.63, 3.8) is 0 Å². The summed E-state index contributed by atoms with van der Waals surface area (Å²) in [7, 11) is 0. The van der Waals surface area contributed by atoms with Crippen LogP contribution in [-0.4, -0.2) is 35.7 Å². The number of hydrogen-bond donors (Lipinski definition) is 1. The quantitative estimate of drug-likeness (QED) is 0.424. The molecule has 0 heterocycles. The van der Waals surface area contributed by atoms with Gasteiger partial charge in [-0.25, -0.2) is 0 Å². The van der Waals surface area contributed by atoms with Gasteiger partial charge in [0.05, 0.1) is 0 Å². The summed E-state index contributed by atoms with van der Waals surface area (Å²) >= 11 is 7.36. The van der Waals surface area contributed by atoms with Gasteiger partial charge in [0.15, 0.2) is 0 Å². The fourth-order valence-corrected chi connectivity index (χ4v) is 10.0. The van der Waals surface area contributed by atoms with Gasteiger partial charge in [-0.3, -0.25) is 0 Å². The Morgan fingerprint density at radius 2 is 1.20 bits per heavy atom. The molecule has 0 aromatic heterocycles. The first-order valence-electron chi connectivity index (χ1n) is 8.34. The second-order valence-electron chi connectivity index (χ2n) is 6.27. The Bertz CT molecular complexity index is 257. The predicted molar refractivity (Wildman–Crippen MR) is 93.8 cm³/mol. The molecule has 0 atom stereocenters. The summed E-state index contributed by atoms with van der Waals surface area (Å²) in [6.45, 7) is 6.65. The monoisotopic (exact) mass is 324 g/mol. The van der Waals surface area contributed by atoms with Crippen LogP contribution in [0, 0.1) is 0 Å². The third kappa shape index (κ3) is 7.84. The van der Waals surface area contributed by atoms with E-state index in [2.05, 4.69) is 20.8 Å². The van der Waals surface area contributed by atoms with Gasteiger partial charge >= 0.3 is 130 Å². The Balaban J connectivity index is 4.90. The van der Waals surface area contributed by atoms with Crippen LogP contribution in [0.3, 0.4) is 0 Å². The van der Waals surface area contributed by atoms with Crippen LogP contribution in [0.5, 0.6) is 0 Å². The minimum absolute atomic E-state index is 0.273. The average Bonchev–Trinajstić information content (AvgIpc) is 2.41. The Kier molecular flexibility index (Phi) is 10.1. The van der Waals surface area contributed by atoms with Crippen molar-refractivity contribution in [2.45, 2.75) is 72.1 Å². The Hall–Kier alpha value is 0.190. The molecule has 20 heavy (non-hydrogen) atoms. The maximum absolute atomic E-state index is 10.8. The second kappa shape index (κ2) is 10.0. The van der Waals surface area contributed by atoms with Crippen LogP contribution in [-0.2, 0) is 4.79 Å². The summed E-state index contributed by atoms with van der Waals surface area (Å²) in [5, 5.41) is 8.89. The number of aliphatic carboxylic acids is 1. The third-order valence-electron chi connectivity index (χ3n) is 4.32. The Labute approximate surface area is 130 Å². The van der Waals surface area contributed by atoms with Crippen LogP contribution in [0.4, 0.5) is 0 Å². The third-order valence-corrected chi connectivity index (χ3v) is 12.1. The van der Waals surface area contributed by atoms with E-state index in [1.54, 1.807) is 0 Å². The Morgan fingerprint density at radius 3 is 1.50 bits per heavy atom. The molecule has 0 aromatic rings. The van der Waals surface area contributed by atoms with Crippen molar-refractivity contribution in [3.05, 3.63) is 0 Å². The molecular formula is C16H34ClO2P. The van der Waals surface area contributed by atoms with E-state index in [0.29, 0.717) is 0 Å². The molecule has 4 heteroatoms. The van der Waals surface area contributed by atoms with Crippen LogP contribution in [0.1, 0.15) is 72.1 Å². The summed E-state index contributed by atoms with van der Waals surface area (Å²) in [5.74, 6) is -2.89. The molecule has 2 nitrogen and oxygen atoms in total. The van der Waals surface area contributed by atoms with Crippen molar-refractivity contribution in [2.75, 3.05) is 24.6 Å². The number of unbranched alkanes of at least 4 members (excludes halogenated alkanes) is 3. The standard InChI is InChI=1S/C16H34ClO2P/c1-4-7-12-20(17,13-8-5-2,14-9-6-3)15-10-11-16(18)19/h4-15H2,1-3H3,(H,18,19). The summed E-state index contributed by atoms with van der Waals surface area (Å²) in [5.41, 5.74) is 0. The fraction of sp³-hybridized carbons (Fsp3) is 0.938. The van der Waals surface area contributed by atoms with E-state index in [9.17, 15) is 4.79 Å². The second-order valence-corrected chi connectivity index (χ2v) is 14.6. The van der Waals surface area contributed by atoms with E-state index < -0.39 is 11.9 Å². The molecule has 0 bridgehead atoms. The molecule has 1 N–H and O–H groups in total. The molecule has 0 saturated heterocycles. The zero-order valence-electron chi connectivity index (χ0n) is 13.7. The van der Waals surface area contributed by atoms with E-state index in [0.717, 1.165) is 31.1 Å². The number of rotatable bonds is 13. The van der Waals surface area contributed by atoms with Crippen LogP contribution in [0.15, 0.2) is 0 Å². The van der Waals surface area contributed by atoms with Crippen molar-refractivity contribution in [1.82, 2.24) is 0 Å². The molecule has 0 fully saturated rings. The van der Waals surface area contributed by atoms with E-state index in [1.165, 1.54) is 38.5 Å². The van der Waals surface area contributed by atoms with E-state index in [-0.39, 0.29) is 6.42 Å². The van der Waals surface area contributed by atoms with Crippen molar-refractivity contribution >= 4 is 23.2 Å². The van der Waals surface area contributed by atoms with Crippen molar-refractivity contribution in [3.8, 4) is 0 Å². The topological polar surface area (TPSA) is 37.3 Å². The molecule has 0 aliphatic rings. The van der Waals surface area contributed by atoms with Crippen molar-refractivity contribution in [2.24, 2.45) is 0 Å². The van der Waals surface area contributed by atoms with Crippen LogP contribution in [0.2, 0.25) is 0 Å². The van der Waals surface area contributed by atoms with Gasteiger partial charge in [-0.05, 0) is 0 Å². The molecule has 0 radical (unpaired) electrons. The number of hydrogen-bond acceptors (Lipinski definition) is 1. The molecule has 0 aromatic carbocycles. The first-order valence-corrected chi connectivity index (χ1v) is 12.2. The normalized spacial score (nSPS) is 13.9. The Morgan fingerprint density at radius 1 is 0.850 bits per heavy atom. The number of halogens is 1.